The molecule has 0 amide bonds. The molecule has 2 unspecified atom stereocenters. The fourth-order valence-electron chi connectivity index (χ4n) is 3.00. The van der Waals surface area contributed by atoms with Crippen LogP contribution in [0, 0.1) is 0 Å². The second kappa shape index (κ2) is 7.45. The Kier molecular flexibility index (Phi) is 5.41. The third-order valence-corrected chi connectivity index (χ3v) is 6.25. The molecule has 1 aliphatic heterocycles. The normalized spacial score (nSPS) is 20.0. The van der Waals surface area contributed by atoms with Crippen LogP contribution in [0.4, 0.5) is 17.6 Å². The number of hydrogen-bond donors (Lipinski definition) is 1. The molecule has 1 aromatic heterocycles. The van der Waals surface area contributed by atoms with Crippen molar-refractivity contribution in [3.05, 3.63) is 71.1 Å². The van der Waals surface area contributed by atoms with E-state index in [2.05, 4.69) is 10.2 Å². The van der Waals surface area contributed by atoms with Gasteiger partial charge in [-0.2, -0.15) is 27.0 Å². The summed E-state index contributed by atoms with van der Waals surface area (Å²) in [6, 6.07) is 2.10. The van der Waals surface area contributed by atoms with E-state index < -0.39 is 34.3 Å². The van der Waals surface area contributed by atoms with Crippen LogP contribution in [0.2, 0.25) is 5.02 Å². The molecule has 1 N–H and O–H groups in total. The van der Waals surface area contributed by atoms with Gasteiger partial charge in [0.25, 0.3) is 12.2 Å². The van der Waals surface area contributed by atoms with Crippen molar-refractivity contribution in [2.45, 2.75) is 23.4 Å². The summed E-state index contributed by atoms with van der Waals surface area (Å²) >= 11 is 5.76. The summed E-state index contributed by atoms with van der Waals surface area (Å²) < 4.78 is 78.9. The second-order valence-corrected chi connectivity index (χ2v) is 8.00. The van der Waals surface area contributed by atoms with Crippen molar-refractivity contribution in [3.8, 4) is 0 Å². The lowest BCUT2D eigenvalue weighted by molar-refractivity contribution is 0.279. The predicted molar refractivity (Wildman–Crippen MR) is 89.9 cm³/mol. The van der Waals surface area contributed by atoms with Crippen molar-refractivity contribution in [1.29, 1.82) is 0 Å². The Morgan fingerprint density at radius 1 is 1.15 bits per heavy atom. The Hall–Kier alpha value is -2.17. The van der Waals surface area contributed by atoms with Crippen LogP contribution in [0.5, 0.6) is 0 Å². The number of aromatic nitrogens is 2. The van der Waals surface area contributed by atoms with E-state index in [0.29, 0.717) is 22.2 Å². The Morgan fingerprint density at radius 3 is 2.37 bits per heavy atom. The number of halogens is 5. The fraction of sp³-hybridized carbons (Fsp3) is 0.188. The van der Waals surface area contributed by atoms with Gasteiger partial charge < -0.3 is 0 Å². The number of hydrogen-bond acceptors (Lipinski definition) is 3. The van der Waals surface area contributed by atoms with Gasteiger partial charge in [-0.25, -0.2) is 8.42 Å². The Balaban J connectivity index is 2.21. The average molecular weight is 422 g/mol. The summed E-state index contributed by atoms with van der Waals surface area (Å²) in [5.41, 5.74) is 0.479. The number of sulfonamides is 1. The Labute approximate surface area is 157 Å². The van der Waals surface area contributed by atoms with Gasteiger partial charge >= 0.3 is 0 Å². The van der Waals surface area contributed by atoms with Gasteiger partial charge in [-0.3, -0.25) is 5.10 Å². The lowest BCUT2D eigenvalue weighted by Crippen LogP contribution is -2.45. The highest BCUT2D eigenvalue weighted by Crippen LogP contribution is 2.39. The molecule has 2 heterocycles. The topological polar surface area (TPSA) is 66.1 Å². The van der Waals surface area contributed by atoms with E-state index in [0.717, 1.165) is 0 Å². The first kappa shape index (κ1) is 19.6. The molecule has 0 saturated carbocycles. The Morgan fingerprint density at radius 2 is 1.78 bits per heavy atom. The minimum absolute atomic E-state index is 0.169. The standard InChI is InChI=1S/C16H12ClF4N3O2S/c17-9-1-3-11(4-2-9)27(25,26)24-10(6-15(18)19)5-13-12(8-22-23-13)14(24)7-16(20)21/h1-4,6-8,10,14H,5H2,(H,22,23). The smallest absolute Gasteiger partial charge is 0.268 e. The molecular formula is C16H12ClF4N3O2S. The molecule has 1 aromatic carbocycles. The summed E-state index contributed by atoms with van der Waals surface area (Å²) in [5, 5.41) is 6.54. The maximum atomic E-state index is 13.1. The molecule has 0 bridgehead atoms. The van der Waals surface area contributed by atoms with Gasteiger partial charge in [0.2, 0.25) is 10.0 Å². The number of aromatic amines is 1. The summed E-state index contributed by atoms with van der Waals surface area (Å²) in [5.74, 6) is 0. The lowest BCUT2D eigenvalue weighted by atomic mass is 9.96. The van der Waals surface area contributed by atoms with Crippen LogP contribution in [0.3, 0.4) is 0 Å². The molecule has 144 valence electrons. The van der Waals surface area contributed by atoms with Crippen LogP contribution in [-0.4, -0.2) is 29.0 Å². The number of benzene rings is 1. The maximum Gasteiger partial charge on any atom is 0.268 e. The van der Waals surface area contributed by atoms with Crippen LogP contribution < -0.4 is 0 Å². The third kappa shape index (κ3) is 3.92. The highest BCUT2D eigenvalue weighted by atomic mass is 35.5. The van der Waals surface area contributed by atoms with Gasteiger partial charge in [0, 0.05) is 28.8 Å². The van der Waals surface area contributed by atoms with Gasteiger partial charge in [-0.1, -0.05) is 11.6 Å². The van der Waals surface area contributed by atoms with E-state index in [4.69, 9.17) is 11.6 Å². The molecular weight excluding hydrogens is 410 g/mol. The van der Waals surface area contributed by atoms with E-state index in [9.17, 15) is 26.0 Å². The van der Waals surface area contributed by atoms with Crippen molar-refractivity contribution in [2.24, 2.45) is 0 Å². The molecule has 0 saturated heterocycles. The van der Waals surface area contributed by atoms with Gasteiger partial charge in [0.1, 0.15) is 0 Å². The van der Waals surface area contributed by atoms with E-state index >= 15 is 0 Å². The summed E-state index contributed by atoms with van der Waals surface area (Å²) in [6.07, 6.45) is -2.41. The zero-order chi connectivity index (χ0) is 19.8. The van der Waals surface area contributed by atoms with Crippen LogP contribution in [-0.2, 0) is 16.4 Å². The van der Waals surface area contributed by atoms with Gasteiger partial charge in [0.05, 0.1) is 23.2 Å². The highest BCUT2D eigenvalue weighted by Gasteiger charge is 2.42. The van der Waals surface area contributed by atoms with Gasteiger partial charge in [-0.05, 0) is 30.3 Å². The molecule has 0 fully saturated rings. The summed E-state index contributed by atoms with van der Waals surface area (Å²) in [7, 11) is -4.41. The molecule has 3 rings (SSSR count). The molecule has 2 aromatic rings. The molecule has 0 radical (unpaired) electrons. The molecule has 0 spiro atoms. The molecule has 5 nitrogen and oxygen atoms in total. The quantitative estimate of drug-likeness (QED) is 0.749. The molecule has 11 heteroatoms. The zero-order valence-electron chi connectivity index (χ0n) is 13.4. The van der Waals surface area contributed by atoms with E-state index in [-0.39, 0.29) is 21.9 Å². The van der Waals surface area contributed by atoms with Crippen LogP contribution >= 0.6 is 11.6 Å². The largest absolute Gasteiger partial charge is 0.282 e. The highest BCUT2D eigenvalue weighted by molar-refractivity contribution is 7.89. The van der Waals surface area contributed by atoms with E-state index in [1.807, 2.05) is 0 Å². The summed E-state index contributed by atoms with van der Waals surface area (Å²) in [6.45, 7) is 0. The SMILES string of the molecule is O=S(=O)(c1ccc(Cl)cc1)N1C(C=C(F)F)Cc2[nH]ncc2C1C=C(F)F. The number of rotatable bonds is 4. The first-order chi connectivity index (χ1) is 12.7. The lowest BCUT2D eigenvalue weighted by Gasteiger charge is -2.37. The van der Waals surface area contributed by atoms with Crippen LogP contribution in [0.25, 0.3) is 0 Å². The minimum atomic E-state index is -4.41. The maximum absolute atomic E-state index is 13.1. The summed E-state index contributed by atoms with van der Waals surface area (Å²) in [4.78, 5) is -0.255. The van der Waals surface area contributed by atoms with Gasteiger partial charge in [-0.15, -0.1) is 0 Å². The second-order valence-electron chi connectivity index (χ2n) is 5.72. The van der Waals surface area contributed by atoms with Crippen molar-refractivity contribution in [1.82, 2.24) is 14.5 Å². The molecule has 1 aliphatic rings. The fourth-order valence-corrected chi connectivity index (χ4v) is 4.81. The van der Waals surface area contributed by atoms with E-state index in [1.165, 1.54) is 30.5 Å². The van der Waals surface area contributed by atoms with Crippen molar-refractivity contribution >= 4 is 21.6 Å². The van der Waals surface area contributed by atoms with Crippen molar-refractivity contribution < 1.29 is 26.0 Å². The molecule has 2 atom stereocenters. The average Bonchev–Trinajstić information content (AvgIpc) is 3.02. The number of H-pyrrole nitrogens is 1. The molecule has 0 aliphatic carbocycles. The number of fused-ring (bicyclic) bond motifs is 1. The number of nitrogens with one attached hydrogen (secondary N) is 1. The predicted octanol–water partition coefficient (Wildman–Crippen LogP) is 4.28. The van der Waals surface area contributed by atoms with E-state index in [1.54, 1.807) is 0 Å². The van der Waals surface area contributed by atoms with Gasteiger partial charge in [0.15, 0.2) is 0 Å². The van der Waals surface area contributed by atoms with Crippen molar-refractivity contribution in [2.75, 3.05) is 0 Å². The first-order valence-corrected chi connectivity index (χ1v) is 9.39. The monoisotopic (exact) mass is 421 g/mol. The zero-order valence-corrected chi connectivity index (χ0v) is 15.0. The van der Waals surface area contributed by atoms with Crippen molar-refractivity contribution in [3.63, 3.8) is 0 Å². The molecule has 27 heavy (non-hydrogen) atoms. The van der Waals surface area contributed by atoms with Crippen LogP contribution in [0.1, 0.15) is 17.3 Å². The third-order valence-electron chi connectivity index (χ3n) is 4.08. The first-order valence-electron chi connectivity index (χ1n) is 7.57. The van der Waals surface area contributed by atoms with Crippen LogP contribution in [0.15, 0.2) is 59.7 Å². The Bertz CT molecular complexity index is 997. The minimum Gasteiger partial charge on any atom is -0.282 e. The number of nitrogens with zero attached hydrogens (tertiary/aromatic N) is 2.